The van der Waals surface area contributed by atoms with Crippen molar-refractivity contribution in [3.63, 3.8) is 0 Å². The van der Waals surface area contributed by atoms with Gasteiger partial charge in [0.25, 0.3) is 5.69 Å². The topological polar surface area (TPSA) is 68.9 Å². The summed E-state index contributed by atoms with van der Waals surface area (Å²) in [5, 5.41) is 11.9. The summed E-state index contributed by atoms with van der Waals surface area (Å²) < 4.78 is 0. The molecule has 2 rings (SSSR count). The van der Waals surface area contributed by atoms with Crippen molar-refractivity contribution in [3.05, 3.63) is 56.9 Å². The summed E-state index contributed by atoms with van der Waals surface area (Å²) in [5.74, 6) is 0.361. The molecule has 1 aromatic heterocycles. The zero-order valence-electron chi connectivity index (χ0n) is 10.0. The third kappa shape index (κ3) is 3.42. The zero-order chi connectivity index (χ0) is 13.8. The molecular formula is C12H10ClN3O2S. The largest absolute Gasteiger partial charge is 0.274 e. The van der Waals surface area contributed by atoms with Crippen LogP contribution in [0.5, 0.6) is 0 Å². The van der Waals surface area contributed by atoms with E-state index in [4.69, 9.17) is 11.6 Å². The van der Waals surface area contributed by atoms with Gasteiger partial charge >= 0.3 is 0 Å². The van der Waals surface area contributed by atoms with E-state index in [9.17, 15) is 10.1 Å². The van der Waals surface area contributed by atoms with Crippen LogP contribution >= 0.6 is 23.4 Å². The lowest BCUT2D eigenvalue weighted by atomic mass is 10.2. The molecule has 98 valence electrons. The highest BCUT2D eigenvalue weighted by molar-refractivity contribution is 7.98. The third-order valence-corrected chi connectivity index (χ3v) is 3.65. The molecule has 0 aliphatic heterocycles. The van der Waals surface area contributed by atoms with Gasteiger partial charge in [0.15, 0.2) is 5.16 Å². The molecule has 0 atom stereocenters. The molecule has 1 aromatic carbocycles. The van der Waals surface area contributed by atoms with E-state index < -0.39 is 4.92 Å². The SMILES string of the molecule is Cc1ccnc(SCc2c(Cl)cccc2[N+](=O)[O-])n1. The maximum absolute atomic E-state index is 10.9. The lowest BCUT2D eigenvalue weighted by Crippen LogP contribution is -1.96. The Morgan fingerprint density at radius 1 is 1.42 bits per heavy atom. The number of thioether (sulfide) groups is 1. The second-order valence-corrected chi connectivity index (χ2v) is 5.11. The number of aromatic nitrogens is 2. The average molecular weight is 296 g/mol. The monoisotopic (exact) mass is 295 g/mol. The lowest BCUT2D eigenvalue weighted by Gasteiger charge is -2.04. The highest BCUT2D eigenvalue weighted by Gasteiger charge is 2.17. The molecule has 7 heteroatoms. The first-order valence-corrected chi connectivity index (χ1v) is 6.78. The van der Waals surface area contributed by atoms with E-state index >= 15 is 0 Å². The number of hydrogen-bond acceptors (Lipinski definition) is 5. The number of rotatable bonds is 4. The summed E-state index contributed by atoms with van der Waals surface area (Å²) in [6.45, 7) is 1.86. The first-order chi connectivity index (χ1) is 9.08. The average Bonchev–Trinajstić information content (AvgIpc) is 2.37. The van der Waals surface area contributed by atoms with Gasteiger partial charge in [-0.3, -0.25) is 10.1 Å². The molecule has 0 radical (unpaired) electrons. The molecule has 2 aromatic rings. The molecule has 0 amide bonds. The Morgan fingerprint density at radius 3 is 2.89 bits per heavy atom. The number of hydrogen-bond donors (Lipinski definition) is 0. The van der Waals surface area contributed by atoms with Crippen molar-refractivity contribution in [2.45, 2.75) is 17.8 Å². The summed E-state index contributed by atoms with van der Waals surface area (Å²) in [5.41, 5.74) is 1.36. The molecule has 0 aliphatic rings. The smallest absolute Gasteiger partial charge is 0.258 e. The second kappa shape index (κ2) is 5.99. The van der Waals surface area contributed by atoms with E-state index in [1.54, 1.807) is 24.4 Å². The first kappa shape index (κ1) is 13.8. The summed E-state index contributed by atoms with van der Waals surface area (Å²) in [7, 11) is 0. The van der Waals surface area contributed by atoms with Gasteiger partial charge in [-0.2, -0.15) is 0 Å². The van der Waals surface area contributed by atoms with Crippen LogP contribution in [0.2, 0.25) is 5.02 Å². The number of nitro benzene ring substituents is 1. The molecule has 0 spiro atoms. The van der Waals surface area contributed by atoms with E-state index in [0.29, 0.717) is 21.5 Å². The van der Waals surface area contributed by atoms with Crippen molar-refractivity contribution in [2.24, 2.45) is 0 Å². The summed E-state index contributed by atoms with van der Waals surface area (Å²) >= 11 is 7.33. The molecule has 19 heavy (non-hydrogen) atoms. The van der Waals surface area contributed by atoms with E-state index in [1.807, 2.05) is 6.92 Å². The Bertz CT molecular complexity index is 622. The van der Waals surface area contributed by atoms with Crippen LogP contribution in [0.15, 0.2) is 35.6 Å². The van der Waals surface area contributed by atoms with Gasteiger partial charge in [-0.25, -0.2) is 9.97 Å². The van der Waals surface area contributed by atoms with Crippen molar-refractivity contribution in [1.29, 1.82) is 0 Å². The molecule has 5 nitrogen and oxygen atoms in total. The molecule has 1 heterocycles. The fourth-order valence-electron chi connectivity index (χ4n) is 1.49. The number of aryl methyl sites for hydroxylation is 1. The van der Waals surface area contributed by atoms with Gasteiger partial charge in [0, 0.05) is 23.7 Å². The van der Waals surface area contributed by atoms with Crippen LogP contribution < -0.4 is 0 Å². The Labute approximate surface area is 119 Å². The zero-order valence-corrected chi connectivity index (χ0v) is 11.6. The van der Waals surface area contributed by atoms with Crippen molar-refractivity contribution >= 4 is 29.1 Å². The number of halogens is 1. The minimum Gasteiger partial charge on any atom is -0.258 e. The normalized spacial score (nSPS) is 10.4. The standard InChI is InChI=1S/C12H10ClN3O2S/c1-8-5-6-14-12(15-8)19-7-9-10(13)3-2-4-11(9)16(17)18/h2-6H,7H2,1H3. The molecule has 0 unspecified atom stereocenters. The molecule has 0 N–H and O–H groups in total. The Kier molecular flexibility index (Phi) is 4.34. The molecular weight excluding hydrogens is 286 g/mol. The fourth-order valence-corrected chi connectivity index (χ4v) is 2.73. The van der Waals surface area contributed by atoms with Crippen molar-refractivity contribution in [3.8, 4) is 0 Å². The third-order valence-electron chi connectivity index (χ3n) is 2.41. The van der Waals surface area contributed by atoms with Crippen LogP contribution in [0.4, 0.5) is 5.69 Å². The molecule has 0 saturated carbocycles. The van der Waals surface area contributed by atoms with Gasteiger partial charge in [-0.1, -0.05) is 29.4 Å². The number of nitro groups is 1. The predicted octanol–water partition coefficient (Wildman–Crippen LogP) is 3.64. The predicted molar refractivity (Wildman–Crippen MR) is 74.4 cm³/mol. The van der Waals surface area contributed by atoms with Gasteiger partial charge in [-0.15, -0.1) is 0 Å². The maximum atomic E-state index is 10.9. The van der Waals surface area contributed by atoms with Crippen LogP contribution in [0.3, 0.4) is 0 Å². The van der Waals surface area contributed by atoms with Crippen LogP contribution in [-0.2, 0) is 5.75 Å². The van der Waals surface area contributed by atoms with Crippen LogP contribution in [-0.4, -0.2) is 14.9 Å². The molecule has 0 saturated heterocycles. The Hall–Kier alpha value is -1.66. The minimum absolute atomic E-state index is 0.0210. The number of benzene rings is 1. The Balaban J connectivity index is 2.22. The second-order valence-electron chi connectivity index (χ2n) is 3.76. The van der Waals surface area contributed by atoms with Gasteiger partial charge < -0.3 is 0 Å². The lowest BCUT2D eigenvalue weighted by molar-refractivity contribution is -0.385. The van der Waals surface area contributed by atoms with Crippen molar-refractivity contribution < 1.29 is 4.92 Å². The number of nitrogens with zero attached hydrogens (tertiary/aromatic N) is 3. The van der Waals surface area contributed by atoms with Crippen LogP contribution in [0.1, 0.15) is 11.3 Å². The summed E-state index contributed by atoms with van der Waals surface area (Å²) in [6, 6.07) is 6.44. The van der Waals surface area contributed by atoms with E-state index in [-0.39, 0.29) is 5.69 Å². The highest BCUT2D eigenvalue weighted by atomic mass is 35.5. The molecule has 0 fully saturated rings. The Morgan fingerprint density at radius 2 is 2.21 bits per heavy atom. The van der Waals surface area contributed by atoms with Crippen molar-refractivity contribution in [2.75, 3.05) is 0 Å². The highest BCUT2D eigenvalue weighted by Crippen LogP contribution is 2.31. The van der Waals surface area contributed by atoms with E-state index in [1.165, 1.54) is 17.8 Å². The molecule has 0 aliphatic carbocycles. The fraction of sp³-hybridized carbons (Fsp3) is 0.167. The molecule has 0 bridgehead atoms. The van der Waals surface area contributed by atoms with Gasteiger partial charge in [0.05, 0.1) is 15.5 Å². The van der Waals surface area contributed by atoms with E-state index in [0.717, 1.165) is 5.69 Å². The van der Waals surface area contributed by atoms with Gasteiger partial charge in [-0.05, 0) is 19.1 Å². The van der Waals surface area contributed by atoms with Gasteiger partial charge in [0.2, 0.25) is 0 Å². The van der Waals surface area contributed by atoms with Crippen molar-refractivity contribution in [1.82, 2.24) is 9.97 Å². The summed E-state index contributed by atoms with van der Waals surface area (Å²) in [6.07, 6.45) is 1.66. The maximum Gasteiger partial charge on any atom is 0.274 e. The quantitative estimate of drug-likeness (QED) is 0.373. The van der Waals surface area contributed by atoms with E-state index in [2.05, 4.69) is 9.97 Å². The first-order valence-electron chi connectivity index (χ1n) is 5.42. The summed E-state index contributed by atoms with van der Waals surface area (Å²) in [4.78, 5) is 18.8. The van der Waals surface area contributed by atoms with Crippen LogP contribution in [0.25, 0.3) is 0 Å². The minimum atomic E-state index is -0.432. The van der Waals surface area contributed by atoms with Crippen LogP contribution in [0, 0.1) is 17.0 Å². The van der Waals surface area contributed by atoms with Gasteiger partial charge in [0.1, 0.15) is 0 Å².